The Morgan fingerprint density at radius 2 is 2.10 bits per heavy atom. The normalized spacial score (nSPS) is 14.9. The van der Waals surface area contributed by atoms with Crippen LogP contribution in [-0.4, -0.2) is 35.9 Å². The lowest BCUT2D eigenvalue weighted by Gasteiger charge is -2.14. The van der Waals surface area contributed by atoms with Crippen LogP contribution < -0.4 is 5.32 Å². The Morgan fingerprint density at radius 3 is 2.76 bits per heavy atom. The zero-order chi connectivity index (χ0) is 15.5. The maximum Gasteiger partial charge on any atom is 0.435 e. The van der Waals surface area contributed by atoms with Crippen LogP contribution in [0.15, 0.2) is 0 Å². The topological polar surface area (TPSA) is 56.1 Å². The van der Waals surface area contributed by atoms with Gasteiger partial charge in [-0.25, -0.2) is 0 Å². The van der Waals surface area contributed by atoms with E-state index in [1.165, 1.54) is 11.8 Å². The molecule has 0 aromatic carbocycles. The Labute approximate surface area is 120 Å². The van der Waals surface area contributed by atoms with Crippen LogP contribution in [0.1, 0.15) is 29.8 Å². The summed E-state index contributed by atoms with van der Waals surface area (Å²) < 4.78 is 44.9. The fraction of sp³-hybridized carbons (Fsp3) is 0.692. The predicted octanol–water partition coefficient (Wildman–Crippen LogP) is 1.54. The number of rotatable bonds is 5. The van der Waals surface area contributed by atoms with E-state index in [2.05, 4.69) is 10.4 Å². The van der Waals surface area contributed by atoms with Crippen molar-refractivity contribution in [3.63, 3.8) is 0 Å². The molecule has 5 nitrogen and oxygen atoms in total. The second kappa shape index (κ2) is 6.46. The zero-order valence-corrected chi connectivity index (χ0v) is 11.8. The van der Waals surface area contributed by atoms with Crippen LogP contribution in [0.3, 0.4) is 0 Å². The number of methoxy groups -OCH3 is 1. The van der Waals surface area contributed by atoms with Gasteiger partial charge in [-0.05, 0) is 25.7 Å². The van der Waals surface area contributed by atoms with E-state index in [4.69, 9.17) is 4.74 Å². The van der Waals surface area contributed by atoms with Crippen LogP contribution in [0.25, 0.3) is 0 Å². The first-order valence-corrected chi connectivity index (χ1v) is 6.85. The van der Waals surface area contributed by atoms with Gasteiger partial charge < -0.3 is 10.1 Å². The van der Waals surface area contributed by atoms with Crippen molar-refractivity contribution in [2.24, 2.45) is 0 Å². The first-order chi connectivity index (χ1) is 9.93. The van der Waals surface area contributed by atoms with E-state index in [0.717, 1.165) is 12.8 Å². The Kier molecular flexibility index (Phi) is 4.87. The summed E-state index contributed by atoms with van der Waals surface area (Å²) in [6.07, 6.45) is -2.03. The van der Waals surface area contributed by atoms with E-state index in [1.807, 2.05) is 0 Å². The quantitative estimate of drug-likeness (QED) is 0.840. The van der Waals surface area contributed by atoms with Gasteiger partial charge in [-0.2, -0.15) is 18.3 Å². The number of nitrogens with zero attached hydrogens (tertiary/aromatic N) is 2. The maximum atomic E-state index is 13.0. The van der Waals surface area contributed by atoms with Crippen molar-refractivity contribution in [2.75, 3.05) is 20.3 Å². The van der Waals surface area contributed by atoms with Crippen molar-refractivity contribution < 1.29 is 22.7 Å². The van der Waals surface area contributed by atoms with Crippen molar-refractivity contribution in [2.45, 2.75) is 38.4 Å². The monoisotopic (exact) mass is 305 g/mol. The van der Waals surface area contributed by atoms with Gasteiger partial charge in [0.25, 0.3) is 0 Å². The van der Waals surface area contributed by atoms with Gasteiger partial charge >= 0.3 is 6.18 Å². The van der Waals surface area contributed by atoms with E-state index in [-0.39, 0.29) is 18.0 Å². The lowest BCUT2D eigenvalue weighted by molar-refractivity contribution is -0.142. The maximum absolute atomic E-state index is 13.0. The fourth-order valence-corrected chi connectivity index (χ4v) is 2.51. The molecule has 8 heteroatoms. The Hall–Kier alpha value is -1.57. The third kappa shape index (κ3) is 3.75. The molecule has 1 heterocycles. The number of hydrogen-bond acceptors (Lipinski definition) is 3. The molecule has 1 aliphatic carbocycles. The van der Waals surface area contributed by atoms with Gasteiger partial charge in [-0.3, -0.25) is 9.48 Å². The minimum absolute atomic E-state index is 0.192. The van der Waals surface area contributed by atoms with Gasteiger partial charge in [-0.1, -0.05) is 0 Å². The van der Waals surface area contributed by atoms with Crippen LogP contribution in [0, 0.1) is 0 Å². The van der Waals surface area contributed by atoms with Gasteiger partial charge in [0, 0.05) is 24.9 Å². The summed E-state index contributed by atoms with van der Waals surface area (Å²) in [4.78, 5) is 11.7. The van der Waals surface area contributed by atoms with Gasteiger partial charge in [0.05, 0.1) is 6.61 Å². The lowest BCUT2D eigenvalue weighted by Crippen LogP contribution is -2.31. The molecular formula is C13H18F3N3O2. The Morgan fingerprint density at radius 1 is 1.38 bits per heavy atom. The lowest BCUT2D eigenvalue weighted by atomic mass is 9.95. The standard InChI is InChI=1S/C13H18F3N3O2/c1-21-7-6-17-11(20)8-19-10-5-3-2-4-9(10)12(18-19)13(14,15)16/h2-8H2,1H3,(H,17,20). The molecule has 0 aliphatic heterocycles. The minimum Gasteiger partial charge on any atom is -0.383 e. The number of alkyl halides is 3. The molecule has 0 fully saturated rings. The summed E-state index contributed by atoms with van der Waals surface area (Å²) in [6, 6.07) is 0. The number of amides is 1. The van der Waals surface area contributed by atoms with Crippen molar-refractivity contribution >= 4 is 5.91 Å². The first-order valence-electron chi connectivity index (χ1n) is 6.85. The molecule has 1 amide bonds. The second-order valence-corrected chi connectivity index (χ2v) is 4.98. The molecule has 1 aromatic rings. The van der Waals surface area contributed by atoms with E-state index in [1.54, 1.807) is 0 Å². The number of hydrogen-bond donors (Lipinski definition) is 1. The molecule has 1 N–H and O–H groups in total. The van der Waals surface area contributed by atoms with E-state index in [9.17, 15) is 18.0 Å². The number of carbonyl (C=O) groups excluding carboxylic acids is 1. The largest absolute Gasteiger partial charge is 0.435 e. The average molecular weight is 305 g/mol. The Bertz CT molecular complexity index is 511. The SMILES string of the molecule is COCCNC(=O)Cn1nc(C(F)(F)F)c2c1CCCC2. The van der Waals surface area contributed by atoms with Crippen molar-refractivity contribution in [1.29, 1.82) is 0 Å². The predicted molar refractivity (Wildman–Crippen MR) is 68.8 cm³/mol. The fourth-order valence-electron chi connectivity index (χ4n) is 2.51. The highest BCUT2D eigenvalue weighted by molar-refractivity contribution is 5.75. The van der Waals surface area contributed by atoms with Crippen LogP contribution in [-0.2, 0) is 35.1 Å². The highest BCUT2D eigenvalue weighted by Crippen LogP contribution is 2.35. The second-order valence-electron chi connectivity index (χ2n) is 4.98. The number of fused-ring (bicyclic) bond motifs is 1. The molecule has 21 heavy (non-hydrogen) atoms. The third-order valence-electron chi connectivity index (χ3n) is 3.45. The highest BCUT2D eigenvalue weighted by Gasteiger charge is 2.39. The van der Waals surface area contributed by atoms with Gasteiger partial charge in [0.2, 0.25) is 5.91 Å². The van der Waals surface area contributed by atoms with E-state index < -0.39 is 11.9 Å². The number of carbonyl (C=O) groups is 1. The molecule has 0 bridgehead atoms. The molecule has 0 saturated carbocycles. The van der Waals surface area contributed by atoms with E-state index >= 15 is 0 Å². The van der Waals surface area contributed by atoms with Gasteiger partial charge in [0.15, 0.2) is 5.69 Å². The zero-order valence-electron chi connectivity index (χ0n) is 11.8. The minimum atomic E-state index is -4.47. The van der Waals surface area contributed by atoms with Crippen LogP contribution >= 0.6 is 0 Å². The van der Waals surface area contributed by atoms with Crippen molar-refractivity contribution in [3.8, 4) is 0 Å². The summed E-state index contributed by atoms with van der Waals surface area (Å²) in [6.45, 7) is 0.490. The molecule has 1 aliphatic rings. The molecule has 1 aromatic heterocycles. The Balaban J connectivity index is 2.16. The van der Waals surface area contributed by atoms with Crippen molar-refractivity contribution in [3.05, 3.63) is 17.0 Å². The number of aromatic nitrogens is 2. The summed E-state index contributed by atoms with van der Waals surface area (Å²) in [7, 11) is 1.51. The summed E-state index contributed by atoms with van der Waals surface area (Å²) >= 11 is 0. The van der Waals surface area contributed by atoms with E-state index in [0.29, 0.717) is 31.7 Å². The van der Waals surface area contributed by atoms with Crippen LogP contribution in [0.2, 0.25) is 0 Å². The third-order valence-corrected chi connectivity index (χ3v) is 3.45. The average Bonchev–Trinajstić information content (AvgIpc) is 2.78. The van der Waals surface area contributed by atoms with Crippen LogP contribution in [0.5, 0.6) is 0 Å². The number of halogens is 3. The summed E-state index contributed by atoms with van der Waals surface area (Å²) in [5, 5.41) is 6.21. The number of ether oxygens (including phenoxy) is 1. The first kappa shape index (κ1) is 15.8. The molecular weight excluding hydrogens is 287 g/mol. The molecule has 118 valence electrons. The molecule has 0 spiro atoms. The summed E-state index contributed by atoms with van der Waals surface area (Å²) in [5.41, 5.74) is -0.0594. The molecule has 0 atom stereocenters. The van der Waals surface area contributed by atoms with Gasteiger partial charge in [0.1, 0.15) is 6.54 Å². The highest BCUT2D eigenvalue weighted by atomic mass is 19.4. The molecule has 0 saturated heterocycles. The smallest absolute Gasteiger partial charge is 0.383 e. The van der Waals surface area contributed by atoms with Gasteiger partial charge in [-0.15, -0.1) is 0 Å². The van der Waals surface area contributed by atoms with Crippen molar-refractivity contribution in [1.82, 2.24) is 15.1 Å². The molecule has 0 unspecified atom stereocenters. The molecule has 2 rings (SSSR count). The summed E-state index contributed by atoms with van der Waals surface area (Å²) in [5.74, 6) is -0.364. The number of nitrogens with one attached hydrogen (secondary N) is 1. The molecule has 0 radical (unpaired) electrons. The van der Waals surface area contributed by atoms with Crippen LogP contribution in [0.4, 0.5) is 13.2 Å².